The highest BCUT2D eigenvalue weighted by Gasteiger charge is 2.38. The summed E-state index contributed by atoms with van der Waals surface area (Å²) in [5, 5.41) is 8.21. The van der Waals surface area contributed by atoms with Gasteiger partial charge in [-0.15, -0.1) is 0 Å². The number of hydrogen-bond acceptors (Lipinski definition) is 4. The second kappa shape index (κ2) is 10.0. The zero-order valence-corrected chi connectivity index (χ0v) is 21.4. The van der Waals surface area contributed by atoms with Crippen LogP contribution in [-0.2, 0) is 9.53 Å². The quantitative estimate of drug-likeness (QED) is 0.501. The molecular weight excluding hydrogens is 454 g/mol. The molecule has 1 heterocycles. The summed E-state index contributed by atoms with van der Waals surface area (Å²) in [4.78, 5) is 39.5. The molecule has 3 amide bonds. The maximum Gasteiger partial charge on any atom is 0.410 e. The van der Waals surface area contributed by atoms with Gasteiger partial charge in [0.1, 0.15) is 5.60 Å². The van der Waals surface area contributed by atoms with Crippen molar-refractivity contribution in [2.45, 2.75) is 46.3 Å². The fourth-order valence-electron chi connectivity index (χ4n) is 4.29. The smallest absolute Gasteiger partial charge is 0.410 e. The van der Waals surface area contributed by atoms with Crippen LogP contribution in [0.5, 0.6) is 0 Å². The molecule has 1 aliphatic rings. The van der Waals surface area contributed by atoms with Crippen molar-refractivity contribution in [1.29, 1.82) is 0 Å². The largest absolute Gasteiger partial charge is 0.444 e. The van der Waals surface area contributed by atoms with E-state index >= 15 is 0 Å². The lowest BCUT2D eigenvalue weighted by Gasteiger charge is -2.38. The maximum atomic E-state index is 13.2. The van der Waals surface area contributed by atoms with Crippen LogP contribution in [0.15, 0.2) is 60.7 Å². The second-order valence-electron chi connectivity index (χ2n) is 10.4. The molecule has 188 valence electrons. The molecule has 7 nitrogen and oxygen atoms in total. The van der Waals surface area contributed by atoms with E-state index in [-0.39, 0.29) is 23.8 Å². The summed E-state index contributed by atoms with van der Waals surface area (Å²) in [6.07, 6.45) is -0.416. The summed E-state index contributed by atoms with van der Waals surface area (Å²) in [7, 11) is 0. The highest BCUT2D eigenvalue weighted by Crippen LogP contribution is 2.26. The molecule has 1 atom stereocenters. The topological polar surface area (TPSA) is 87.7 Å². The normalized spacial score (nSPS) is 14.6. The molecule has 7 heteroatoms. The van der Waals surface area contributed by atoms with Gasteiger partial charge in [0, 0.05) is 24.3 Å². The monoisotopic (exact) mass is 487 g/mol. The number of rotatable bonds is 5. The standard InChI is InChI=1S/C29H33N3O4/c1-18-13-14-22(31-26(33)21-16-32(17-21)28(35)36-29(3,4)5)15-25(18)27(34)30-19(2)23-12-8-10-20-9-6-7-11-24(20)23/h6-15,19,21H,16-17H2,1-5H3,(H,30,34)(H,31,33)/t19-/m1/s1. The Balaban J connectivity index is 1.39. The molecule has 0 radical (unpaired) electrons. The molecule has 36 heavy (non-hydrogen) atoms. The number of ether oxygens (including phenoxy) is 1. The Morgan fingerprint density at radius 3 is 2.42 bits per heavy atom. The van der Waals surface area contributed by atoms with Crippen molar-refractivity contribution >= 4 is 34.4 Å². The molecule has 2 N–H and O–H groups in total. The van der Waals surface area contributed by atoms with Gasteiger partial charge in [0.15, 0.2) is 0 Å². The van der Waals surface area contributed by atoms with E-state index in [1.165, 1.54) is 4.90 Å². The summed E-state index contributed by atoms with van der Waals surface area (Å²) in [5.74, 6) is -0.708. The van der Waals surface area contributed by atoms with Crippen molar-refractivity contribution in [3.05, 3.63) is 77.4 Å². The van der Waals surface area contributed by atoms with Crippen LogP contribution in [-0.4, -0.2) is 41.5 Å². The second-order valence-corrected chi connectivity index (χ2v) is 10.4. The van der Waals surface area contributed by atoms with Gasteiger partial charge in [-0.3, -0.25) is 9.59 Å². The van der Waals surface area contributed by atoms with Crippen molar-refractivity contribution in [2.75, 3.05) is 18.4 Å². The molecule has 3 aromatic rings. The zero-order valence-electron chi connectivity index (χ0n) is 21.4. The first-order valence-corrected chi connectivity index (χ1v) is 12.2. The lowest BCUT2D eigenvalue weighted by atomic mass is 9.98. The predicted octanol–water partition coefficient (Wildman–Crippen LogP) is 5.44. The van der Waals surface area contributed by atoms with Crippen LogP contribution in [0.3, 0.4) is 0 Å². The summed E-state index contributed by atoms with van der Waals surface area (Å²) >= 11 is 0. The van der Waals surface area contributed by atoms with Crippen LogP contribution < -0.4 is 10.6 Å². The molecule has 0 spiro atoms. The van der Waals surface area contributed by atoms with E-state index in [0.717, 1.165) is 21.9 Å². The molecular formula is C29H33N3O4. The van der Waals surface area contributed by atoms with E-state index in [2.05, 4.69) is 28.8 Å². The molecule has 1 fully saturated rings. The van der Waals surface area contributed by atoms with Gasteiger partial charge in [-0.25, -0.2) is 4.79 Å². The van der Waals surface area contributed by atoms with Gasteiger partial charge in [0.2, 0.25) is 5.91 Å². The fourth-order valence-corrected chi connectivity index (χ4v) is 4.29. The van der Waals surface area contributed by atoms with Gasteiger partial charge in [0.05, 0.1) is 12.0 Å². The molecule has 0 aromatic heterocycles. The first kappa shape index (κ1) is 25.2. The summed E-state index contributed by atoms with van der Waals surface area (Å²) in [6, 6.07) is 19.3. The average molecular weight is 488 g/mol. The van der Waals surface area contributed by atoms with E-state index in [0.29, 0.717) is 24.3 Å². The van der Waals surface area contributed by atoms with Crippen LogP contribution in [0.4, 0.5) is 10.5 Å². The molecule has 4 rings (SSSR count). The van der Waals surface area contributed by atoms with E-state index in [4.69, 9.17) is 4.74 Å². The number of amides is 3. The van der Waals surface area contributed by atoms with E-state index in [1.54, 1.807) is 12.1 Å². The molecule has 0 unspecified atom stereocenters. The Morgan fingerprint density at radius 2 is 1.69 bits per heavy atom. The third kappa shape index (κ3) is 5.67. The van der Waals surface area contributed by atoms with Crippen LogP contribution in [0.1, 0.15) is 55.2 Å². The van der Waals surface area contributed by atoms with Gasteiger partial charge in [-0.05, 0) is 68.7 Å². The zero-order chi connectivity index (χ0) is 26.0. The average Bonchev–Trinajstić information content (AvgIpc) is 2.77. The summed E-state index contributed by atoms with van der Waals surface area (Å²) in [6.45, 7) is 9.88. The number of aryl methyl sites for hydroxylation is 1. The highest BCUT2D eigenvalue weighted by molar-refractivity contribution is 5.99. The van der Waals surface area contributed by atoms with E-state index in [1.807, 2.05) is 65.0 Å². The third-order valence-corrected chi connectivity index (χ3v) is 6.29. The number of hydrogen-bond donors (Lipinski definition) is 2. The van der Waals surface area contributed by atoms with E-state index < -0.39 is 11.7 Å². The lowest BCUT2D eigenvalue weighted by Crippen LogP contribution is -2.55. The highest BCUT2D eigenvalue weighted by atomic mass is 16.6. The maximum absolute atomic E-state index is 13.2. The van der Waals surface area contributed by atoms with Crippen LogP contribution in [0, 0.1) is 12.8 Å². The van der Waals surface area contributed by atoms with E-state index in [9.17, 15) is 14.4 Å². The molecule has 0 aliphatic carbocycles. The van der Waals surface area contributed by atoms with Gasteiger partial charge in [0.25, 0.3) is 5.91 Å². The number of likely N-dealkylation sites (tertiary alicyclic amines) is 1. The number of carbonyl (C=O) groups is 3. The predicted molar refractivity (Wildman–Crippen MR) is 141 cm³/mol. The SMILES string of the molecule is Cc1ccc(NC(=O)C2CN(C(=O)OC(C)(C)C)C2)cc1C(=O)N[C@H](C)c1cccc2ccccc12. The Labute approximate surface area is 211 Å². The number of anilines is 1. The number of nitrogens with one attached hydrogen (secondary N) is 2. The van der Waals surface area contributed by atoms with Crippen molar-refractivity contribution in [3.8, 4) is 0 Å². The van der Waals surface area contributed by atoms with Crippen LogP contribution in [0.25, 0.3) is 10.8 Å². The molecule has 3 aromatic carbocycles. The Morgan fingerprint density at radius 1 is 1.00 bits per heavy atom. The minimum Gasteiger partial charge on any atom is -0.444 e. The third-order valence-electron chi connectivity index (χ3n) is 6.29. The van der Waals surface area contributed by atoms with Gasteiger partial charge < -0.3 is 20.3 Å². The fraction of sp³-hybridized carbons (Fsp3) is 0.345. The van der Waals surface area contributed by atoms with Crippen molar-refractivity contribution in [1.82, 2.24) is 10.2 Å². The summed E-state index contributed by atoms with van der Waals surface area (Å²) < 4.78 is 5.34. The minimum atomic E-state index is -0.575. The first-order chi connectivity index (χ1) is 17.0. The molecule has 1 saturated heterocycles. The number of nitrogens with zero attached hydrogens (tertiary/aromatic N) is 1. The summed E-state index contributed by atoms with van der Waals surface area (Å²) in [5.41, 5.74) is 2.33. The first-order valence-electron chi connectivity index (χ1n) is 12.2. The molecule has 0 bridgehead atoms. The van der Waals surface area contributed by atoms with Gasteiger partial charge in [-0.1, -0.05) is 48.5 Å². The number of fused-ring (bicyclic) bond motifs is 1. The van der Waals surface area contributed by atoms with Gasteiger partial charge >= 0.3 is 6.09 Å². The van der Waals surface area contributed by atoms with Crippen molar-refractivity contribution < 1.29 is 19.1 Å². The Kier molecular flexibility index (Phi) is 7.02. The molecule has 0 saturated carbocycles. The van der Waals surface area contributed by atoms with Gasteiger partial charge in [-0.2, -0.15) is 0 Å². The van der Waals surface area contributed by atoms with Crippen LogP contribution >= 0.6 is 0 Å². The van der Waals surface area contributed by atoms with Crippen molar-refractivity contribution in [2.24, 2.45) is 5.92 Å². The minimum absolute atomic E-state index is 0.186. The van der Waals surface area contributed by atoms with Crippen molar-refractivity contribution in [3.63, 3.8) is 0 Å². The Hall–Kier alpha value is -3.87. The molecule has 1 aliphatic heterocycles. The van der Waals surface area contributed by atoms with Crippen LogP contribution in [0.2, 0.25) is 0 Å². The number of carbonyl (C=O) groups excluding carboxylic acids is 3. The lowest BCUT2D eigenvalue weighted by molar-refractivity contribution is -0.124. The Bertz CT molecular complexity index is 1300. The number of benzene rings is 3.